The summed E-state index contributed by atoms with van der Waals surface area (Å²) >= 11 is 5.24. The van der Waals surface area contributed by atoms with Gasteiger partial charge in [-0.3, -0.25) is 9.69 Å². The molecule has 1 unspecified atom stereocenters. The van der Waals surface area contributed by atoms with Crippen LogP contribution >= 0.6 is 27.3 Å². The highest BCUT2D eigenvalue weighted by molar-refractivity contribution is 9.11. The molecule has 3 nitrogen and oxygen atoms in total. The van der Waals surface area contributed by atoms with Crippen LogP contribution in [0.25, 0.3) is 0 Å². The van der Waals surface area contributed by atoms with E-state index in [9.17, 15) is 9.90 Å². The largest absolute Gasteiger partial charge is 0.481 e. The summed E-state index contributed by atoms with van der Waals surface area (Å²) in [5.74, 6) is -0.659. The van der Waals surface area contributed by atoms with Gasteiger partial charge >= 0.3 is 5.97 Å². The molecule has 2 heterocycles. The summed E-state index contributed by atoms with van der Waals surface area (Å²) in [5, 5.41) is 9.22. The Morgan fingerprint density at radius 3 is 2.56 bits per heavy atom. The highest BCUT2D eigenvalue weighted by atomic mass is 79.9. The van der Waals surface area contributed by atoms with Gasteiger partial charge in [0.25, 0.3) is 0 Å². The predicted molar refractivity (Wildman–Crippen MR) is 77.0 cm³/mol. The molecular formula is C13H18BrNO2S. The first kappa shape index (κ1) is 14.0. The fourth-order valence-electron chi connectivity index (χ4n) is 2.35. The number of rotatable bonds is 3. The second kappa shape index (κ2) is 5.31. The van der Waals surface area contributed by atoms with Gasteiger partial charge in [0.2, 0.25) is 0 Å². The monoisotopic (exact) mass is 331 g/mol. The van der Waals surface area contributed by atoms with Crippen molar-refractivity contribution in [3.8, 4) is 0 Å². The Morgan fingerprint density at radius 2 is 2.11 bits per heavy atom. The SMILES string of the molecule is CC(c1ccc(Br)s1)N1CCC(C)(C(=O)O)CC1. The molecule has 5 heteroatoms. The lowest BCUT2D eigenvalue weighted by Crippen LogP contribution is -2.43. The predicted octanol–water partition coefficient (Wildman–Crippen LogP) is 3.76. The molecule has 100 valence electrons. The van der Waals surface area contributed by atoms with Gasteiger partial charge in [-0.05, 0) is 67.8 Å². The van der Waals surface area contributed by atoms with Crippen LogP contribution < -0.4 is 0 Å². The number of piperidine rings is 1. The Kier molecular flexibility index (Phi) is 4.14. The first-order valence-electron chi connectivity index (χ1n) is 6.15. The lowest BCUT2D eigenvalue weighted by Gasteiger charge is -2.39. The maximum Gasteiger partial charge on any atom is 0.309 e. The molecular weight excluding hydrogens is 314 g/mol. The van der Waals surface area contributed by atoms with Crippen molar-refractivity contribution >= 4 is 33.2 Å². The van der Waals surface area contributed by atoms with Crippen molar-refractivity contribution in [3.05, 3.63) is 20.8 Å². The van der Waals surface area contributed by atoms with Crippen LogP contribution in [0.2, 0.25) is 0 Å². The Labute approximate surface area is 120 Å². The normalized spacial score (nSPS) is 21.7. The third kappa shape index (κ3) is 2.78. The molecule has 0 saturated carbocycles. The van der Waals surface area contributed by atoms with Gasteiger partial charge in [0.15, 0.2) is 0 Å². The van der Waals surface area contributed by atoms with Crippen molar-refractivity contribution in [3.63, 3.8) is 0 Å². The highest BCUT2D eigenvalue weighted by Gasteiger charge is 2.38. The minimum atomic E-state index is -0.659. The summed E-state index contributed by atoms with van der Waals surface area (Å²) in [5.41, 5.74) is -0.535. The van der Waals surface area contributed by atoms with E-state index in [4.69, 9.17) is 0 Å². The first-order valence-corrected chi connectivity index (χ1v) is 7.76. The van der Waals surface area contributed by atoms with E-state index in [0.29, 0.717) is 6.04 Å². The molecule has 1 N–H and O–H groups in total. The summed E-state index contributed by atoms with van der Waals surface area (Å²) in [4.78, 5) is 14.9. The Morgan fingerprint density at radius 1 is 1.50 bits per heavy atom. The molecule has 1 aromatic heterocycles. The molecule has 1 fully saturated rings. The average molecular weight is 332 g/mol. The number of hydrogen-bond acceptors (Lipinski definition) is 3. The second-order valence-electron chi connectivity index (χ2n) is 5.22. The number of thiophene rings is 1. The molecule has 1 atom stereocenters. The summed E-state index contributed by atoms with van der Waals surface area (Å²) in [6.45, 7) is 5.78. The van der Waals surface area contributed by atoms with Crippen LogP contribution in [0.1, 0.15) is 37.6 Å². The van der Waals surface area contributed by atoms with Gasteiger partial charge in [0.05, 0.1) is 9.20 Å². The number of nitrogens with zero attached hydrogens (tertiary/aromatic N) is 1. The van der Waals surface area contributed by atoms with Crippen molar-refractivity contribution in [2.75, 3.05) is 13.1 Å². The Hall–Kier alpha value is -0.390. The maximum absolute atomic E-state index is 11.2. The van der Waals surface area contributed by atoms with Gasteiger partial charge in [-0.2, -0.15) is 0 Å². The lowest BCUT2D eigenvalue weighted by molar-refractivity contribution is -0.151. The van der Waals surface area contributed by atoms with Crippen LogP contribution in [-0.2, 0) is 4.79 Å². The fourth-order valence-corrected chi connectivity index (χ4v) is 3.86. The van der Waals surface area contributed by atoms with E-state index in [-0.39, 0.29) is 0 Å². The zero-order chi connectivity index (χ0) is 13.3. The molecule has 2 rings (SSSR count). The van der Waals surface area contributed by atoms with Crippen LogP contribution in [0.5, 0.6) is 0 Å². The number of halogens is 1. The quantitative estimate of drug-likeness (QED) is 0.916. The van der Waals surface area contributed by atoms with Crippen molar-refractivity contribution in [1.29, 1.82) is 0 Å². The van der Waals surface area contributed by atoms with E-state index in [1.54, 1.807) is 11.3 Å². The molecule has 0 spiro atoms. The molecule has 1 aliphatic heterocycles. The van der Waals surface area contributed by atoms with Gasteiger partial charge in [-0.25, -0.2) is 0 Å². The van der Waals surface area contributed by atoms with E-state index in [2.05, 4.69) is 39.9 Å². The molecule has 0 radical (unpaired) electrons. The lowest BCUT2D eigenvalue weighted by atomic mass is 9.80. The summed E-state index contributed by atoms with van der Waals surface area (Å²) in [6.07, 6.45) is 1.47. The maximum atomic E-state index is 11.2. The Bertz CT molecular complexity index is 438. The second-order valence-corrected chi connectivity index (χ2v) is 7.71. The van der Waals surface area contributed by atoms with Crippen LogP contribution in [0.15, 0.2) is 15.9 Å². The topological polar surface area (TPSA) is 40.5 Å². The van der Waals surface area contributed by atoms with Crippen molar-refractivity contribution in [1.82, 2.24) is 4.90 Å². The fraction of sp³-hybridized carbons (Fsp3) is 0.615. The van der Waals surface area contributed by atoms with Crippen molar-refractivity contribution < 1.29 is 9.90 Å². The van der Waals surface area contributed by atoms with Crippen LogP contribution in [0, 0.1) is 5.41 Å². The molecule has 1 aromatic rings. The summed E-state index contributed by atoms with van der Waals surface area (Å²) in [7, 11) is 0. The van der Waals surface area contributed by atoms with Gasteiger partial charge in [0.1, 0.15) is 0 Å². The van der Waals surface area contributed by atoms with Crippen LogP contribution in [0.4, 0.5) is 0 Å². The van der Waals surface area contributed by atoms with Crippen LogP contribution in [-0.4, -0.2) is 29.1 Å². The van der Waals surface area contributed by atoms with Crippen molar-refractivity contribution in [2.45, 2.75) is 32.7 Å². The van der Waals surface area contributed by atoms with E-state index < -0.39 is 11.4 Å². The number of aliphatic carboxylic acids is 1. The highest BCUT2D eigenvalue weighted by Crippen LogP contribution is 2.36. The third-order valence-electron chi connectivity index (χ3n) is 3.97. The average Bonchev–Trinajstić information content (AvgIpc) is 2.76. The number of hydrogen-bond donors (Lipinski definition) is 1. The van der Waals surface area contributed by atoms with Gasteiger partial charge in [0, 0.05) is 10.9 Å². The standard InChI is InChI=1S/C13H18BrNO2S/c1-9(10-3-4-11(14)18-10)15-7-5-13(2,6-8-15)12(16)17/h3-4,9H,5-8H2,1-2H3,(H,16,17). The first-order chi connectivity index (χ1) is 8.42. The zero-order valence-corrected chi connectivity index (χ0v) is 13.1. The summed E-state index contributed by atoms with van der Waals surface area (Å²) in [6, 6.07) is 4.59. The molecule has 1 aliphatic rings. The van der Waals surface area contributed by atoms with E-state index >= 15 is 0 Å². The number of carbonyl (C=O) groups is 1. The minimum absolute atomic E-state index is 0.375. The smallest absolute Gasteiger partial charge is 0.309 e. The molecule has 0 aromatic carbocycles. The van der Waals surface area contributed by atoms with Crippen LogP contribution in [0.3, 0.4) is 0 Å². The summed E-state index contributed by atoms with van der Waals surface area (Å²) < 4.78 is 1.15. The number of likely N-dealkylation sites (tertiary alicyclic amines) is 1. The molecule has 18 heavy (non-hydrogen) atoms. The molecule has 0 bridgehead atoms. The van der Waals surface area contributed by atoms with Crippen molar-refractivity contribution in [2.24, 2.45) is 5.41 Å². The van der Waals surface area contributed by atoms with Gasteiger partial charge in [-0.1, -0.05) is 0 Å². The zero-order valence-electron chi connectivity index (χ0n) is 10.6. The Balaban J connectivity index is 2.00. The van der Waals surface area contributed by atoms with Gasteiger partial charge in [-0.15, -0.1) is 11.3 Å². The number of carboxylic acids is 1. The molecule has 0 amide bonds. The van der Waals surface area contributed by atoms with E-state index in [1.165, 1.54) is 4.88 Å². The number of carboxylic acid groups (broad SMARTS) is 1. The molecule has 1 saturated heterocycles. The third-order valence-corrected chi connectivity index (χ3v) is 5.77. The van der Waals surface area contributed by atoms with E-state index in [1.807, 2.05) is 6.92 Å². The van der Waals surface area contributed by atoms with Gasteiger partial charge < -0.3 is 5.11 Å². The van der Waals surface area contributed by atoms with E-state index in [0.717, 1.165) is 29.7 Å². The minimum Gasteiger partial charge on any atom is -0.481 e. The molecule has 0 aliphatic carbocycles.